The first-order chi connectivity index (χ1) is 17.0. The highest BCUT2D eigenvalue weighted by molar-refractivity contribution is 5.99. The van der Waals surface area contributed by atoms with E-state index >= 15 is 0 Å². The Hall–Kier alpha value is -3.33. The quantitative estimate of drug-likeness (QED) is 0.374. The SMILES string of the molecule is O=C(Nc1ccc2c(c1)c(-c1nc3ccccc3[nH]1)nn2C1CCCCO1)C1CCC(F)(F)CC1. The van der Waals surface area contributed by atoms with E-state index in [1.807, 2.05) is 47.1 Å². The molecular weight excluding hydrogens is 452 g/mol. The predicted molar refractivity (Wildman–Crippen MR) is 129 cm³/mol. The zero-order chi connectivity index (χ0) is 24.0. The van der Waals surface area contributed by atoms with Gasteiger partial charge >= 0.3 is 0 Å². The first kappa shape index (κ1) is 22.2. The van der Waals surface area contributed by atoms with Crippen LogP contribution in [0.3, 0.4) is 0 Å². The molecule has 9 heteroatoms. The van der Waals surface area contributed by atoms with E-state index in [2.05, 4.69) is 10.3 Å². The summed E-state index contributed by atoms with van der Waals surface area (Å²) in [5, 5.41) is 8.69. The summed E-state index contributed by atoms with van der Waals surface area (Å²) >= 11 is 0. The molecule has 0 bridgehead atoms. The van der Waals surface area contributed by atoms with Crippen LogP contribution in [0.5, 0.6) is 0 Å². The molecule has 182 valence electrons. The lowest BCUT2D eigenvalue weighted by Gasteiger charge is -2.27. The summed E-state index contributed by atoms with van der Waals surface area (Å²) in [7, 11) is 0. The van der Waals surface area contributed by atoms with Gasteiger partial charge in [0.25, 0.3) is 0 Å². The molecule has 4 aromatic rings. The van der Waals surface area contributed by atoms with Gasteiger partial charge in [0.05, 0.1) is 16.6 Å². The van der Waals surface area contributed by atoms with Crippen LogP contribution in [-0.4, -0.2) is 38.2 Å². The molecule has 6 rings (SSSR count). The second-order valence-electron chi connectivity index (χ2n) is 9.57. The number of amides is 1. The number of hydrogen-bond acceptors (Lipinski definition) is 4. The van der Waals surface area contributed by atoms with Crippen molar-refractivity contribution in [2.45, 2.75) is 57.1 Å². The Morgan fingerprint density at radius 3 is 2.71 bits per heavy atom. The van der Waals surface area contributed by atoms with Gasteiger partial charge in [-0.05, 0) is 62.4 Å². The minimum atomic E-state index is -2.66. The van der Waals surface area contributed by atoms with Gasteiger partial charge in [0, 0.05) is 36.4 Å². The lowest BCUT2D eigenvalue weighted by atomic mass is 9.86. The van der Waals surface area contributed by atoms with Gasteiger partial charge in [0.15, 0.2) is 12.1 Å². The number of carbonyl (C=O) groups excluding carboxylic acids is 1. The number of ether oxygens (including phenoxy) is 1. The molecule has 0 radical (unpaired) electrons. The first-order valence-electron chi connectivity index (χ1n) is 12.2. The van der Waals surface area contributed by atoms with E-state index in [0.29, 0.717) is 23.8 Å². The number of anilines is 1. The van der Waals surface area contributed by atoms with Crippen molar-refractivity contribution in [3.05, 3.63) is 42.5 Å². The highest BCUT2D eigenvalue weighted by Crippen LogP contribution is 2.37. The van der Waals surface area contributed by atoms with Crippen molar-refractivity contribution in [2.24, 2.45) is 5.92 Å². The van der Waals surface area contributed by atoms with Crippen LogP contribution < -0.4 is 5.32 Å². The molecule has 2 N–H and O–H groups in total. The molecule has 1 saturated heterocycles. The van der Waals surface area contributed by atoms with Crippen molar-refractivity contribution >= 4 is 33.5 Å². The average Bonchev–Trinajstić information content (AvgIpc) is 3.46. The maximum atomic E-state index is 13.5. The molecule has 1 saturated carbocycles. The van der Waals surface area contributed by atoms with Crippen LogP contribution in [0.25, 0.3) is 33.5 Å². The van der Waals surface area contributed by atoms with E-state index in [0.717, 1.165) is 41.2 Å². The Labute approximate surface area is 200 Å². The fourth-order valence-corrected chi connectivity index (χ4v) is 5.14. The van der Waals surface area contributed by atoms with E-state index in [1.165, 1.54) is 0 Å². The van der Waals surface area contributed by atoms with Gasteiger partial charge in [-0.1, -0.05) is 12.1 Å². The molecule has 2 aliphatic rings. The number of para-hydroxylation sites is 2. The number of H-pyrrole nitrogens is 1. The summed E-state index contributed by atoms with van der Waals surface area (Å²) in [4.78, 5) is 20.9. The molecule has 2 fully saturated rings. The third kappa shape index (κ3) is 4.29. The monoisotopic (exact) mass is 479 g/mol. The number of halogens is 2. The van der Waals surface area contributed by atoms with Gasteiger partial charge in [0.2, 0.25) is 11.8 Å². The lowest BCUT2D eigenvalue weighted by Crippen LogP contribution is -2.31. The van der Waals surface area contributed by atoms with Crippen molar-refractivity contribution in [3.8, 4) is 11.5 Å². The molecule has 1 atom stereocenters. The fourth-order valence-electron chi connectivity index (χ4n) is 5.14. The number of hydrogen-bond donors (Lipinski definition) is 2. The summed E-state index contributed by atoms with van der Waals surface area (Å²) in [5.41, 5.74) is 3.94. The Morgan fingerprint density at radius 1 is 1.11 bits per heavy atom. The first-order valence-corrected chi connectivity index (χ1v) is 12.2. The molecule has 1 amide bonds. The smallest absolute Gasteiger partial charge is 0.248 e. The number of rotatable bonds is 4. The third-order valence-corrected chi connectivity index (χ3v) is 7.10. The van der Waals surface area contributed by atoms with Crippen LogP contribution in [0.1, 0.15) is 51.2 Å². The Kier molecular flexibility index (Phi) is 5.51. The molecule has 3 heterocycles. The summed E-state index contributed by atoms with van der Waals surface area (Å²) in [6, 6.07) is 13.4. The molecule has 35 heavy (non-hydrogen) atoms. The lowest BCUT2D eigenvalue weighted by molar-refractivity contribution is -0.124. The standard InChI is InChI=1S/C26H27F2N5O2/c27-26(28)12-10-16(11-13-26)25(34)29-17-8-9-21-18(15-17)23(32-33(21)22-7-3-4-14-35-22)24-30-19-5-1-2-6-20(19)31-24/h1-2,5-6,8-9,15-16,22H,3-4,7,10-14H2,(H,29,34)(H,30,31). The molecular formula is C26H27F2N5O2. The number of carbonyl (C=O) groups is 1. The topological polar surface area (TPSA) is 84.8 Å². The summed E-state index contributed by atoms with van der Waals surface area (Å²) in [5.74, 6) is -2.64. The molecule has 2 aromatic heterocycles. The third-order valence-electron chi connectivity index (χ3n) is 7.10. The zero-order valence-electron chi connectivity index (χ0n) is 19.3. The van der Waals surface area contributed by atoms with Gasteiger partial charge in [0.1, 0.15) is 5.69 Å². The van der Waals surface area contributed by atoms with Gasteiger partial charge in [-0.25, -0.2) is 18.4 Å². The minimum Gasteiger partial charge on any atom is -0.356 e. The number of aromatic nitrogens is 4. The van der Waals surface area contributed by atoms with Crippen molar-refractivity contribution in [1.29, 1.82) is 0 Å². The van der Waals surface area contributed by atoms with Crippen LogP contribution in [0.2, 0.25) is 0 Å². The average molecular weight is 480 g/mol. The van der Waals surface area contributed by atoms with Crippen LogP contribution in [0, 0.1) is 5.92 Å². The largest absolute Gasteiger partial charge is 0.356 e. The second-order valence-corrected chi connectivity index (χ2v) is 9.57. The van der Waals surface area contributed by atoms with Gasteiger partial charge in [-0.3, -0.25) is 4.79 Å². The van der Waals surface area contributed by atoms with E-state index in [4.69, 9.17) is 14.8 Å². The number of fused-ring (bicyclic) bond motifs is 2. The minimum absolute atomic E-state index is 0.159. The number of nitrogens with zero attached hydrogens (tertiary/aromatic N) is 3. The van der Waals surface area contributed by atoms with Crippen LogP contribution in [0.4, 0.5) is 14.5 Å². The van der Waals surface area contributed by atoms with E-state index in [-0.39, 0.29) is 37.8 Å². The van der Waals surface area contributed by atoms with Crippen LogP contribution in [0.15, 0.2) is 42.5 Å². The summed E-state index contributed by atoms with van der Waals surface area (Å²) in [6.07, 6.45) is 2.73. The predicted octanol–water partition coefficient (Wildman–Crippen LogP) is 6.04. The number of aromatic amines is 1. The van der Waals surface area contributed by atoms with Crippen LogP contribution >= 0.6 is 0 Å². The zero-order valence-corrected chi connectivity index (χ0v) is 19.3. The number of benzene rings is 2. The van der Waals surface area contributed by atoms with E-state index in [9.17, 15) is 13.6 Å². The maximum absolute atomic E-state index is 13.5. The molecule has 1 unspecified atom stereocenters. The Bertz CT molecular complexity index is 1350. The highest BCUT2D eigenvalue weighted by atomic mass is 19.3. The molecule has 1 aliphatic carbocycles. The molecule has 1 aliphatic heterocycles. The summed E-state index contributed by atoms with van der Waals surface area (Å²) in [6.45, 7) is 0.695. The van der Waals surface area contributed by atoms with Crippen molar-refractivity contribution in [1.82, 2.24) is 19.7 Å². The van der Waals surface area contributed by atoms with Gasteiger partial charge in [-0.2, -0.15) is 5.10 Å². The second kappa shape index (κ2) is 8.71. The fraction of sp³-hybridized carbons (Fsp3) is 0.423. The number of imidazole rings is 1. The number of nitrogens with one attached hydrogen (secondary N) is 2. The van der Waals surface area contributed by atoms with E-state index < -0.39 is 11.8 Å². The number of alkyl halides is 2. The molecule has 2 aromatic carbocycles. The molecule has 0 spiro atoms. The Morgan fingerprint density at radius 2 is 1.94 bits per heavy atom. The van der Waals surface area contributed by atoms with Gasteiger partial charge in [-0.15, -0.1) is 0 Å². The van der Waals surface area contributed by atoms with Gasteiger partial charge < -0.3 is 15.0 Å². The summed E-state index contributed by atoms with van der Waals surface area (Å²) < 4.78 is 35.0. The van der Waals surface area contributed by atoms with Crippen LogP contribution in [-0.2, 0) is 9.53 Å². The van der Waals surface area contributed by atoms with Crippen molar-refractivity contribution < 1.29 is 18.3 Å². The normalized spacial score (nSPS) is 20.9. The molecule has 7 nitrogen and oxygen atoms in total. The maximum Gasteiger partial charge on any atom is 0.248 e. The van der Waals surface area contributed by atoms with E-state index in [1.54, 1.807) is 0 Å². The van der Waals surface area contributed by atoms with Crippen molar-refractivity contribution in [2.75, 3.05) is 11.9 Å². The van der Waals surface area contributed by atoms with Crippen molar-refractivity contribution in [3.63, 3.8) is 0 Å². The Balaban J connectivity index is 1.36. The highest BCUT2D eigenvalue weighted by Gasteiger charge is 2.37.